The molecule has 0 unspecified atom stereocenters. The van der Waals surface area contributed by atoms with Crippen LogP contribution in [0.2, 0.25) is 0 Å². The number of ether oxygens (including phenoxy) is 1. The monoisotopic (exact) mass is 371 g/mol. The highest BCUT2D eigenvalue weighted by molar-refractivity contribution is 5.92. The maximum atomic E-state index is 12.1. The molecule has 0 saturated carbocycles. The van der Waals surface area contributed by atoms with Crippen molar-refractivity contribution < 1.29 is 9.53 Å². The van der Waals surface area contributed by atoms with E-state index in [1.807, 2.05) is 48.7 Å². The summed E-state index contributed by atoms with van der Waals surface area (Å²) in [4.78, 5) is 19.4. The number of pyridine rings is 1. The summed E-state index contributed by atoms with van der Waals surface area (Å²) in [6, 6.07) is 21.4. The molecular weight excluding hydrogens is 350 g/mol. The molecule has 0 spiro atoms. The summed E-state index contributed by atoms with van der Waals surface area (Å²) in [6.45, 7) is 1.09. The van der Waals surface area contributed by atoms with E-state index in [0.717, 1.165) is 34.2 Å². The van der Waals surface area contributed by atoms with Gasteiger partial charge in [0.2, 0.25) is 0 Å². The lowest BCUT2D eigenvalue weighted by Gasteiger charge is -2.07. The van der Waals surface area contributed by atoms with Crippen LogP contribution in [0.1, 0.15) is 21.6 Å². The number of nitrogens with zero attached hydrogens (tertiary/aromatic N) is 1. The number of hydrogen-bond donors (Lipinski definition) is 2. The summed E-state index contributed by atoms with van der Waals surface area (Å²) in [7, 11) is 0. The number of H-pyrrole nitrogens is 1. The van der Waals surface area contributed by atoms with Gasteiger partial charge in [-0.2, -0.15) is 0 Å². The molecule has 0 fully saturated rings. The van der Waals surface area contributed by atoms with Gasteiger partial charge in [-0.25, -0.2) is 0 Å². The molecule has 0 atom stereocenters. The van der Waals surface area contributed by atoms with Crippen LogP contribution in [0.5, 0.6) is 5.75 Å². The number of nitrogens with one attached hydrogen (secondary N) is 2. The molecule has 1 amide bonds. The maximum Gasteiger partial charge on any atom is 0.269 e. The lowest BCUT2D eigenvalue weighted by atomic mass is 10.1. The standard InChI is InChI=1S/C23H21N3O2/c27-23(21-8-4-5-12-24-21)25-13-11-18-15-26-22-14-19(9-10-20(18)22)28-16-17-6-2-1-3-7-17/h1-10,12,14-15,26H,11,13,16H2,(H,25,27). The maximum absolute atomic E-state index is 12.1. The molecule has 2 aromatic heterocycles. The molecule has 0 aliphatic rings. The first-order valence-electron chi connectivity index (χ1n) is 9.25. The lowest BCUT2D eigenvalue weighted by Crippen LogP contribution is -2.26. The quantitative estimate of drug-likeness (QED) is 0.514. The van der Waals surface area contributed by atoms with Crippen molar-refractivity contribution in [3.05, 3.63) is 95.9 Å². The number of amides is 1. The highest BCUT2D eigenvalue weighted by atomic mass is 16.5. The predicted molar refractivity (Wildman–Crippen MR) is 109 cm³/mol. The van der Waals surface area contributed by atoms with Crippen molar-refractivity contribution in [1.82, 2.24) is 15.3 Å². The number of hydrogen-bond acceptors (Lipinski definition) is 3. The van der Waals surface area contributed by atoms with Gasteiger partial charge >= 0.3 is 0 Å². The minimum Gasteiger partial charge on any atom is -0.489 e. The van der Waals surface area contributed by atoms with E-state index in [9.17, 15) is 4.79 Å². The Balaban J connectivity index is 1.36. The van der Waals surface area contributed by atoms with Gasteiger partial charge < -0.3 is 15.0 Å². The summed E-state index contributed by atoms with van der Waals surface area (Å²) < 4.78 is 5.89. The molecule has 4 rings (SSSR count). The third kappa shape index (κ3) is 4.20. The second kappa shape index (κ2) is 8.39. The van der Waals surface area contributed by atoms with Crippen LogP contribution < -0.4 is 10.1 Å². The van der Waals surface area contributed by atoms with Crippen LogP contribution in [-0.2, 0) is 13.0 Å². The normalized spacial score (nSPS) is 10.7. The van der Waals surface area contributed by atoms with E-state index in [0.29, 0.717) is 18.8 Å². The van der Waals surface area contributed by atoms with Crippen molar-refractivity contribution in [2.24, 2.45) is 0 Å². The van der Waals surface area contributed by atoms with Gasteiger partial charge in [-0.05, 0) is 41.8 Å². The minimum absolute atomic E-state index is 0.156. The Morgan fingerprint density at radius 3 is 2.71 bits per heavy atom. The van der Waals surface area contributed by atoms with Crippen LogP contribution in [0.4, 0.5) is 0 Å². The number of aromatic nitrogens is 2. The number of aromatic amines is 1. The van der Waals surface area contributed by atoms with Gasteiger partial charge in [0.05, 0.1) is 0 Å². The van der Waals surface area contributed by atoms with Crippen LogP contribution >= 0.6 is 0 Å². The third-order valence-corrected chi connectivity index (χ3v) is 4.56. The number of rotatable bonds is 7. The highest BCUT2D eigenvalue weighted by Gasteiger charge is 2.08. The Kier molecular flexibility index (Phi) is 5.33. The molecule has 4 aromatic rings. The summed E-state index contributed by atoms with van der Waals surface area (Å²) in [6.07, 6.45) is 4.34. The lowest BCUT2D eigenvalue weighted by molar-refractivity contribution is 0.0949. The van der Waals surface area contributed by atoms with Gasteiger partial charge in [0, 0.05) is 35.9 Å². The summed E-state index contributed by atoms with van der Waals surface area (Å²) in [5.41, 5.74) is 3.75. The van der Waals surface area contributed by atoms with Crippen molar-refractivity contribution >= 4 is 16.8 Å². The van der Waals surface area contributed by atoms with Crippen LogP contribution in [0.25, 0.3) is 10.9 Å². The van der Waals surface area contributed by atoms with Crippen molar-refractivity contribution in [1.29, 1.82) is 0 Å². The predicted octanol–water partition coefficient (Wildman–Crippen LogP) is 4.11. The molecule has 0 saturated heterocycles. The molecule has 28 heavy (non-hydrogen) atoms. The van der Waals surface area contributed by atoms with Crippen molar-refractivity contribution in [2.75, 3.05) is 6.54 Å². The van der Waals surface area contributed by atoms with Crippen LogP contribution in [0, 0.1) is 0 Å². The van der Waals surface area contributed by atoms with E-state index in [4.69, 9.17) is 4.74 Å². The highest BCUT2D eigenvalue weighted by Crippen LogP contribution is 2.24. The zero-order valence-corrected chi connectivity index (χ0v) is 15.4. The molecule has 0 bridgehead atoms. The summed E-state index contributed by atoms with van der Waals surface area (Å²) in [5, 5.41) is 4.05. The Hall–Kier alpha value is -3.60. The van der Waals surface area contributed by atoms with Crippen molar-refractivity contribution in [3.63, 3.8) is 0 Å². The Morgan fingerprint density at radius 2 is 1.89 bits per heavy atom. The molecule has 0 aliphatic heterocycles. The van der Waals surface area contributed by atoms with E-state index >= 15 is 0 Å². The van der Waals surface area contributed by atoms with Crippen LogP contribution in [0.15, 0.2) is 79.1 Å². The number of carbonyl (C=O) groups excluding carboxylic acids is 1. The van der Waals surface area contributed by atoms with E-state index < -0.39 is 0 Å². The van der Waals surface area contributed by atoms with Crippen molar-refractivity contribution in [2.45, 2.75) is 13.0 Å². The van der Waals surface area contributed by atoms with Gasteiger partial charge in [0.1, 0.15) is 18.1 Å². The fourth-order valence-corrected chi connectivity index (χ4v) is 3.10. The molecule has 2 N–H and O–H groups in total. The SMILES string of the molecule is O=C(NCCc1c[nH]c2cc(OCc3ccccc3)ccc12)c1ccccn1. The smallest absolute Gasteiger partial charge is 0.269 e. The zero-order valence-electron chi connectivity index (χ0n) is 15.4. The number of fused-ring (bicyclic) bond motifs is 1. The average Bonchev–Trinajstić information content (AvgIpc) is 3.16. The van der Waals surface area contributed by atoms with E-state index in [-0.39, 0.29) is 5.91 Å². The van der Waals surface area contributed by atoms with Gasteiger partial charge in [0.15, 0.2) is 0 Å². The van der Waals surface area contributed by atoms with Crippen LogP contribution in [-0.4, -0.2) is 22.4 Å². The molecule has 2 aromatic carbocycles. The summed E-state index contributed by atoms with van der Waals surface area (Å²) in [5.74, 6) is 0.672. The first-order chi connectivity index (χ1) is 13.8. The average molecular weight is 371 g/mol. The first-order valence-corrected chi connectivity index (χ1v) is 9.25. The van der Waals surface area contributed by atoms with Crippen LogP contribution in [0.3, 0.4) is 0 Å². The minimum atomic E-state index is -0.156. The largest absolute Gasteiger partial charge is 0.489 e. The van der Waals surface area contributed by atoms with Gasteiger partial charge in [-0.3, -0.25) is 9.78 Å². The molecule has 2 heterocycles. The van der Waals surface area contributed by atoms with Gasteiger partial charge in [-0.1, -0.05) is 36.4 Å². The second-order valence-corrected chi connectivity index (χ2v) is 6.52. The Morgan fingerprint density at radius 1 is 1.04 bits per heavy atom. The van der Waals surface area contributed by atoms with Crippen molar-refractivity contribution in [3.8, 4) is 5.75 Å². The molecule has 140 valence electrons. The van der Waals surface area contributed by atoms with Gasteiger partial charge in [-0.15, -0.1) is 0 Å². The third-order valence-electron chi connectivity index (χ3n) is 4.56. The Bertz CT molecular complexity index is 1060. The molecule has 5 heteroatoms. The van der Waals surface area contributed by atoms with Gasteiger partial charge in [0.25, 0.3) is 5.91 Å². The molecule has 0 aliphatic carbocycles. The second-order valence-electron chi connectivity index (χ2n) is 6.52. The summed E-state index contributed by atoms with van der Waals surface area (Å²) >= 11 is 0. The van der Waals surface area contributed by atoms with E-state index in [1.165, 1.54) is 0 Å². The zero-order chi connectivity index (χ0) is 19.2. The fourth-order valence-electron chi connectivity index (χ4n) is 3.10. The van der Waals surface area contributed by atoms with E-state index in [1.54, 1.807) is 24.4 Å². The fraction of sp³-hybridized carbons (Fsp3) is 0.130. The topological polar surface area (TPSA) is 67.0 Å². The first kappa shape index (κ1) is 17.8. The molecule has 0 radical (unpaired) electrons. The number of benzene rings is 2. The molecule has 5 nitrogen and oxygen atoms in total. The number of carbonyl (C=O) groups is 1. The van der Waals surface area contributed by atoms with E-state index in [2.05, 4.69) is 21.4 Å². The Labute approximate surface area is 163 Å². The molecular formula is C23H21N3O2.